The Morgan fingerprint density at radius 3 is 2.38 bits per heavy atom. The molecule has 0 bridgehead atoms. The zero-order valence-corrected chi connectivity index (χ0v) is 19.4. The number of nitrogens with zero attached hydrogens (tertiary/aromatic N) is 2. The molecule has 3 aromatic carbocycles. The molecule has 0 saturated heterocycles. The lowest BCUT2D eigenvalue weighted by Crippen LogP contribution is -2.33. The molecule has 0 atom stereocenters. The van der Waals surface area contributed by atoms with Crippen LogP contribution in [0.4, 0.5) is 18.0 Å². The SMILES string of the molecule is CCN(CC)C(=O)Oc1ccc2c(ccn2Cc2cccc(Cl)c2F)c1-c1cc(F)cc(F)c1. The van der Waals surface area contributed by atoms with Crippen LogP contribution in [0.2, 0.25) is 5.02 Å². The molecule has 176 valence electrons. The number of halogens is 4. The highest BCUT2D eigenvalue weighted by Gasteiger charge is 2.20. The van der Waals surface area contributed by atoms with Crippen LogP contribution in [0, 0.1) is 17.5 Å². The molecule has 4 nitrogen and oxygen atoms in total. The van der Waals surface area contributed by atoms with Gasteiger partial charge in [0.1, 0.15) is 23.2 Å². The van der Waals surface area contributed by atoms with Gasteiger partial charge in [0.05, 0.1) is 11.6 Å². The van der Waals surface area contributed by atoms with E-state index < -0.39 is 23.5 Å². The Morgan fingerprint density at radius 2 is 1.71 bits per heavy atom. The van der Waals surface area contributed by atoms with E-state index in [9.17, 15) is 18.0 Å². The summed E-state index contributed by atoms with van der Waals surface area (Å²) >= 11 is 5.92. The minimum absolute atomic E-state index is 0.0236. The van der Waals surface area contributed by atoms with Gasteiger partial charge in [0, 0.05) is 47.4 Å². The number of benzene rings is 3. The fraction of sp³-hybridized carbons (Fsp3) is 0.192. The van der Waals surface area contributed by atoms with Crippen LogP contribution in [-0.2, 0) is 6.54 Å². The Morgan fingerprint density at radius 1 is 1.00 bits per heavy atom. The van der Waals surface area contributed by atoms with Crippen molar-refractivity contribution >= 4 is 28.6 Å². The molecule has 0 unspecified atom stereocenters. The van der Waals surface area contributed by atoms with Gasteiger partial charge in [-0.2, -0.15) is 0 Å². The third-order valence-electron chi connectivity index (χ3n) is 5.66. The Balaban J connectivity index is 1.86. The largest absolute Gasteiger partial charge is 0.415 e. The molecule has 0 radical (unpaired) electrons. The lowest BCUT2D eigenvalue weighted by atomic mass is 10.00. The van der Waals surface area contributed by atoms with Crippen LogP contribution in [0.3, 0.4) is 0 Å². The van der Waals surface area contributed by atoms with Gasteiger partial charge in [-0.05, 0) is 55.8 Å². The quantitative estimate of drug-likeness (QED) is 0.287. The van der Waals surface area contributed by atoms with E-state index in [1.165, 1.54) is 23.1 Å². The highest BCUT2D eigenvalue weighted by Crippen LogP contribution is 2.39. The first-order valence-electron chi connectivity index (χ1n) is 10.8. The molecule has 0 fully saturated rings. The zero-order valence-electron chi connectivity index (χ0n) is 18.6. The molecule has 0 aliphatic rings. The number of ether oxygens (including phenoxy) is 1. The van der Waals surface area contributed by atoms with Crippen molar-refractivity contribution < 1.29 is 22.7 Å². The Bertz CT molecular complexity index is 1350. The third kappa shape index (κ3) is 4.61. The zero-order chi connectivity index (χ0) is 24.4. The summed E-state index contributed by atoms with van der Waals surface area (Å²) in [5.41, 5.74) is 1.64. The van der Waals surface area contributed by atoms with Gasteiger partial charge in [-0.25, -0.2) is 18.0 Å². The first-order valence-corrected chi connectivity index (χ1v) is 11.2. The minimum Gasteiger partial charge on any atom is -0.410 e. The molecule has 1 heterocycles. The number of carbonyl (C=O) groups is 1. The van der Waals surface area contributed by atoms with E-state index >= 15 is 0 Å². The molecule has 0 spiro atoms. The minimum atomic E-state index is -0.756. The second-order valence-electron chi connectivity index (χ2n) is 7.73. The molecule has 0 aliphatic heterocycles. The normalized spacial score (nSPS) is 11.1. The maximum atomic E-state index is 14.5. The number of rotatable bonds is 6. The van der Waals surface area contributed by atoms with Gasteiger partial charge in [0.2, 0.25) is 0 Å². The summed E-state index contributed by atoms with van der Waals surface area (Å²) < 4.78 is 50.1. The van der Waals surface area contributed by atoms with Crippen molar-refractivity contribution in [3.05, 3.63) is 88.8 Å². The molecule has 8 heteroatoms. The highest BCUT2D eigenvalue weighted by atomic mass is 35.5. The lowest BCUT2D eigenvalue weighted by molar-refractivity contribution is 0.157. The third-order valence-corrected chi connectivity index (χ3v) is 5.95. The summed E-state index contributed by atoms with van der Waals surface area (Å²) in [5, 5.41) is 0.618. The molecule has 34 heavy (non-hydrogen) atoms. The summed E-state index contributed by atoms with van der Waals surface area (Å²) in [6.07, 6.45) is 1.17. The van der Waals surface area contributed by atoms with Crippen LogP contribution in [0.25, 0.3) is 22.0 Å². The van der Waals surface area contributed by atoms with Crippen molar-refractivity contribution in [2.75, 3.05) is 13.1 Å². The van der Waals surface area contributed by atoms with Gasteiger partial charge in [0.15, 0.2) is 0 Å². The summed E-state index contributed by atoms with van der Waals surface area (Å²) in [6, 6.07) is 13.0. The Hall–Kier alpha value is -3.45. The molecule has 1 amide bonds. The average molecular weight is 487 g/mol. The van der Waals surface area contributed by atoms with Crippen LogP contribution in [0.1, 0.15) is 19.4 Å². The lowest BCUT2D eigenvalue weighted by Gasteiger charge is -2.20. The molecule has 0 saturated carbocycles. The second kappa shape index (κ2) is 9.81. The molecule has 0 N–H and O–H groups in total. The van der Waals surface area contributed by atoms with Crippen molar-refractivity contribution in [1.29, 1.82) is 0 Å². The predicted molar refractivity (Wildman–Crippen MR) is 127 cm³/mol. The van der Waals surface area contributed by atoms with E-state index in [1.54, 1.807) is 41.1 Å². The van der Waals surface area contributed by atoms with E-state index in [4.69, 9.17) is 16.3 Å². The van der Waals surface area contributed by atoms with Crippen LogP contribution in [0.5, 0.6) is 5.75 Å². The molecule has 4 rings (SSSR count). The molecule has 0 aliphatic carbocycles. The van der Waals surface area contributed by atoms with Crippen molar-refractivity contribution in [2.45, 2.75) is 20.4 Å². The Labute approximate surface area is 200 Å². The number of amides is 1. The summed E-state index contributed by atoms with van der Waals surface area (Å²) in [5.74, 6) is -1.86. The van der Waals surface area contributed by atoms with Crippen LogP contribution < -0.4 is 4.74 Å². The van der Waals surface area contributed by atoms with Gasteiger partial charge < -0.3 is 14.2 Å². The topological polar surface area (TPSA) is 34.5 Å². The van der Waals surface area contributed by atoms with Crippen molar-refractivity contribution in [1.82, 2.24) is 9.47 Å². The monoisotopic (exact) mass is 486 g/mol. The predicted octanol–water partition coefficient (Wildman–Crippen LogP) is 7.27. The summed E-state index contributed by atoms with van der Waals surface area (Å²) in [7, 11) is 0. The van der Waals surface area contributed by atoms with Gasteiger partial charge in [-0.15, -0.1) is 0 Å². The van der Waals surface area contributed by atoms with Gasteiger partial charge in [0.25, 0.3) is 0 Å². The van der Waals surface area contributed by atoms with E-state index in [-0.39, 0.29) is 22.9 Å². The molecular formula is C26H22ClF3N2O2. The number of hydrogen-bond donors (Lipinski definition) is 0. The first-order chi connectivity index (χ1) is 16.3. The first kappa shape index (κ1) is 23.7. The van der Waals surface area contributed by atoms with Crippen molar-refractivity contribution in [2.24, 2.45) is 0 Å². The number of carbonyl (C=O) groups excluding carboxylic acids is 1. The van der Waals surface area contributed by atoms with E-state index in [0.717, 1.165) is 6.07 Å². The summed E-state index contributed by atoms with van der Waals surface area (Å²) in [6.45, 7) is 4.73. The van der Waals surface area contributed by atoms with Crippen molar-refractivity contribution in [3.8, 4) is 16.9 Å². The second-order valence-corrected chi connectivity index (χ2v) is 8.13. The number of aromatic nitrogens is 1. The smallest absolute Gasteiger partial charge is 0.410 e. The standard InChI is InChI=1S/C26H22ClF3N2O2/c1-3-31(4-2)26(33)34-23-9-8-22-20(24(23)17-12-18(28)14-19(29)13-17)10-11-32(22)15-16-6-5-7-21(27)25(16)30/h5-14H,3-4,15H2,1-2H3. The maximum absolute atomic E-state index is 14.5. The van der Waals surface area contributed by atoms with Crippen molar-refractivity contribution in [3.63, 3.8) is 0 Å². The molecular weight excluding hydrogens is 465 g/mol. The van der Waals surface area contributed by atoms with Gasteiger partial charge >= 0.3 is 6.09 Å². The fourth-order valence-electron chi connectivity index (χ4n) is 3.97. The van der Waals surface area contributed by atoms with Gasteiger partial charge in [-0.3, -0.25) is 0 Å². The maximum Gasteiger partial charge on any atom is 0.415 e. The van der Waals surface area contributed by atoms with Crippen LogP contribution in [0.15, 0.2) is 60.8 Å². The number of fused-ring (bicyclic) bond motifs is 1. The van der Waals surface area contributed by atoms with Crippen LogP contribution >= 0.6 is 11.6 Å². The highest BCUT2D eigenvalue weighted by molar-refractivity contribution is 6.30. The van der Waals surface area contributed by atoms with E-state index in [0.29, 0.717) is 35.1 Å². The van der Waals surface area contributed by atoms with E-state index in [1.807, 2.05) is 13.8 Å². The Kier molecular flexibility index (Phi) is 6.84. The van der Waals surface area contributed by atoms with E-state index in [2.05, 4.69) is 0 Å². The van der Waals surface area contributed by atoms with Crippen LogP contribution in [-0.4, -0.2) is 28.6 Å². The van der Waals surface area contributed by atoms with Gasteiger partial charge in [-0.1, -0.05) is 23.7 Å². The average Bonchev–Trinajstić information content (AvgIpc) is 3.19. The number of hydrogen-bond acceptors (Lipinski definition) is 2. The summed E-state index contributed by atoms with van der Waals surface area (Å²) in [4.78, 5) is 14.1. The molecule has 4 aromatic rings. The molecule has 1 aromatic heterocycles. The fourth-order valence-corrected chi connectivity index (χ4v) is 4.16.